The topological polar surface area (TPSA) is 90.6 Å². The Morgan fingerprint density at radius 1 is 1.10 bits per heavy atom. The molecule has 0 fully saturated rings. The molecule has 0 amide bonds. The molecular formula is C21H18ClN5O3. The molecule has 2 aromatic heterocycles. The van der Waals surface area contributed by atoms with Crippen LogP contribution in [0.3, 0.4) is 0 Å². The average molecular weight is 424 g/mol. The van der Waals surface area contributed by atoms with Crippen LogP contribution in [-0.2, 0) is 9.53 Å². The van der Waals surface area contributed by atoms with Gasteiger partial charge in [-0.25, -0.2) is 0 Å². The maximum Gasteiger partial charge on any atom is 0.307 e. The van der Waals surface area contributed by atoms with Crippen molar-refractivity contribution in [3.8, 4) is 22.8 Å². The highest BCUT2D eigenvalue weighted by atomic mass is 35.5. The molecule has 8 nitrogen and oxygen atoms in total. The minimum Gasteiger partial charge on any atom is -0.469 e. The largest absolute Gasteiger partial charge is 0.469 e. The summed E-state index contributed by atoms with van der Waals surface area (Å²) in [5, 5.41) is 15.4. The number of methoxy groups -OCH3 is 1. The molecular weight excluding hydrogens is 406 g/mol. The van der Waals surface area contributed by atoms with Gasteiger partial charge in [0.2, 0.25) is 11.2 Å². The Morgan fingerprint density at radius 2 is 1.93 bits per heavy atom. The van der Waals surface area contributed by atoms with E-state index in [4.69, 9.17) is 16.3 Å². The Kier molecular flexibility index (Phi) is 5.76. The van der Waals surface area contributed by atoms with E-state index >= 15 is 0 Å². The number of benzene rings is 2. The van der Waals surface area contributed by atoms with Crippen LogP contribution in [0.5, 0.6) is 11.6 Å². The second-order valence-corrected chi connectivity index (χ2v) is 6.68. The predicted molar refractivity (Wildman–Crippen MR) is 113 cm³/mol. The van der Waals surface area contributed by atoms with Gasteiger partial charge in [0.1, 0.15) is 5.75 Å². The number of ether oxygens (including phenoxy) is 2. The minimum atomic E-state index is -0.264. The third-order valence-corrected chi connectivity index (χ3v) is 4.60. The molecule has 9 heteroatoms. The molecule has 0 aliphatic heterocycles. The standard InChI is InChI=1S/C21H18ClN5O3/c1-29-20(28)11-12-23-15-7-8-17(16(13-15)14-5-3-2-4-6-14)30-19-10-9-18-24-25-21(22)27(18)26-19/h2-10,13,23H,11-12H2,1H3. The lowest BCUT2D eigenvalue weighted by atomic mass is 10.0. The minimum absolute atomic E-state index is 0.156. The van der Waals surface area contributed by atoms with E-state index in [0.29, 0.717) is 23.8 Å². The summed E-state index contributed by atoms with van der Waals surface area (Å²) < 4.78 is 12.1. The number of anilines is 1. The predicted octanol–water partition coefficient (Wildman–Crippen LogP) is 4.21. The fourth-order valence-electron chi connectivity index (χ4n) is 2.90. The highest BCUT2D eigenvalue weighted by Crippen LogP contribution is 2.35. The maximum atomic E-state index is 11.3. The Labute approximate surface area is 177 Å². The van der Waals surface area contributed by atoms with E-state index in [-0.39, 0.29) is 17.7 Å². The molecule has 2 aromatic carbocycles. The van der Waals surface area contributed by atoms with Crippen molar-refractivity contribution < 1.29 is 14.3 Å². The number of esters is 1. The number of hydrogen-bond donors (Lipinski definition) is 1. The fraction of sp³-hybridized carbons (Fsp3) is 0.143. The van der Waals surface area contributed by atoms with Gasteiger partial charge in [0.05, 0.1) is 13.5 Å². The summed E-state index contributed by atoms with van der Waals surface area (Å²) in [7, 11) is 1.38. The van der Waals surface area contributed by atoms with Gasteiger partial charge < -0.3 is 14.8 Å². The molecule has 0 aliphatic rings. The number of nitrogens with one attached hydrogen (secondary N) is 1. The quantitative estimate of drug-likeness (QED) is 0.445. The van der Waals surface area contributed by atoms with Crippen molar-refractivity contribution in [2.45, 2.75) is 6.42 Å². The number of carbonyl (C=O) groups is 1. The van der Waals surface area contributed by atoms with E-state index in [1.807, 2.05) is 48.5 Å². The Hall–Kier alpha value is -3.65. The fourth-order valence-corrected chi connectivity index (χ4v) is 3.06. The van der Waals surface area contributed by atoms with Crippen molar-refractivity contribution >= 4 is 28.9 Å². The number of aromatic nitrogens is 4. The van der Waals surface area contributed by atoms with E-state index in [9.17, 15) is 4.79 Å². The van der Waals surface area contributed by atoms with E-state index < -0.39 is 0 Å². The van der Waals surface area contributed by atoms with Gasteiger partial charge in [0, 0.05) is 23.9 Å². The highest BCUT2D eigenvalue weighted by molar-refractivity contribution is 6.28. The average Bonchev–Trinajstić information content (AvgIpc) is 3.15. The van der Waals surface area contributed by atoms with Crippen LogP contribution in [0.4, 0.5) is 5.69 Å². The number of rotatable bonds is 7. The lowest BCUT2D eigenvalue weighted by molar-refractivity contribution is -0.140. The number of carbonyl (C=O) groups excluding carboxylic acids is 1. The third kappa shape index (κ3) is 4.33. The summed E-state index contributed by atoms with van der Waals surface area (Å²) in [6, 6.07) is 19.0. The van der Waals surface area contributed by atoms with Gasteiger partial charge in [-0.2, -0.15) is 4.52 Å². The van der Waals surface area contributed by atoms with Crippen molar-refractivity contribution in [3.05, 3.63) is 65.9 Å². The molecule has 4 aromatic rings. The van der Waals surface area contributed by atoms with Crippen LogP contribution in [0.1, 0.15) is 6.42 Å². The van der Waals surface area contributed by atoms with Crippen molar-refractivity contribution in [1.29, 1.82) is 0 Å². The lowest BCUT2D eigenvalue weighted by Gasteiger charge is -2.14. The summed E-state index contributed by atoms with van der Waals surface area (Å²) in [6.07, 6.45) is 0.277. The van der Waals surface area contributed by atoms with Gasteiger partial charge in [-0.1, -0.05) is 30.3 Å². The molecule has 4 rings (SSSR count). The van der Waals surface area contributed by atoms with Crippen LogP contribution in [0.15, 0.2) is 60.7 Å². The monoisotopic (exact) mass is 423 g/mol. The van der Waals surface area contributed by atoms with Crippen molar-refractivity contribution in [1.82, 2.24) is 19.8 Å². The molecule has 0 bridgehead atoms. The van der Waals surface area contributed by atoms with Crippen molar-refractivity contribution in [2.75, 3.05) is 19.0 Å². The van der Waals surface area contributed by atoms with E-state index in [1.54, 1.807) is 12.1 Å². The van der Waals surface area contributed by atoms with Gasteiger partial charge in [-0.3, -0.25) is 4.79 Å². The number of fused-ring (bicyclic) bond motifs is 1. The van der Waals surface area contributed by atoms with Gasteiger partial charge in [-0.05, 0) is 41.4 Å². The van der Waals surface area contributed by atoms with Gasteiger partial charge in [0.15, 0.2) is 5.65 Å². The van der Waals surface area contributed by atoms with Crippen LogP contribution < -0.4 is 10.1 Å². The number of halogens is 1. The summed E-state index contributed by atoms with van der Waals surface area (Å²) in [5.74, 6) is 0.711. The summed E-state index contributed by atoms with van der Waals surface area (Å²) in [5.41, 5.74) is 3.24. The normalized spacial score (nSPS) is 10.7. The number of nitrogens with zero attached hydrogens (tertiary/aromatic N) is 4. The molecule has 152 valence electrons. The van der Waals surface area contributed by atoms with E-state index in [2.05, 4.69) is 25.3 Å². The number of hydrogen-bond acceptors (Lipinski definition) is 7. The second kappa shape index (κ2) is 8.79. The summed E-state index contributed by atoms with van der Waals surface area (Å²) in [4.78, 5) is 11.3. The first-order chi connectivity index (χ1) is 14.6. The van der Waals surface area contributed by atoms with Gasteiger partial charge in [0.25, 0.3) is 0 Å². The molecule has 1 N–H and O–H groups in total. The first-order valence-electron chi connectivity index (χ1n) is 9.20. The first kappa shape index (κ1) is 19.7. The van der Waals surface area contributed by atoms with Crippen LogP contribution in [0.25, 0.3) is 16.8 Å². The van der Waals surface area contributed by atoms with E-state index in [1.165, 1.54) is 11.6 Å². The smallest absolute Gasteiger partial charge is 0.307 e. The third-order valence-electron chi connectivity index (χ3n) is 4.37. The summed E-state index contributed by atoms with van der Waals surface area (Å²) in [6.45, 7) is 0.464. The Morgan fingerprint density at radius 3 is 2.73 bits per heavy atom. The molecule has 0 saturated carbocycles. The zero-order valence-corrected chi connectivity index (χ0v) is 16.8. The molecule has 2 heterocycles. The summed E-state index contributed by atoms with van der Waals surface area (Å²) >= 11 is 6.01. The van der Waals surface area contributed by atoms with Crippen molar-refractivity contribution in [3.63, 3.8) is 0 Å². The van der Waals surface area contributed by atoms with Crippen LogP contribution in [0, 0.1) is 0 Å². The van der Waals surface area contributed by atoms with Crippen LogP contribution in [0.2, 0.25) is 5.28 Å². The SMILES string of the molecule is COC(=O)CCNc1ccc(Oc2ccc3nnc(Cl)n3n2)c(-c2ccccc2)c1. The second-order valence-electron chi connectivity index (χ2n) is 6.34. The lowest BCUT2D eigenvalue weighted by Crippen LogP contribution is -2.09. The maximum absolute atomic E-state index is 11.3. The first-order valence-corrected chi connectivity index (χ1v) is 9.58. The van der Waals surface area contributed by atoms with Crippen LogP contribution in [-0.4, -0.2) is 39.4 Å². The molecule has 0 spiro atoms. The molecule has 0 aliphatic carbocycles. The highest BCUT2D eigenvalue weighted by Gasteiger charge is 2.12. The molecule has 0 saturated heterocycles. The molecule has 0 unspecified atom stereocenters. The zero-order chi connectivity index (χ0) is 20.9. The Balaban J connectivity index is 1.63. The van der Waals surface area contributed by atoms with Crippen LogP contribution >= 0.6 is 11.6 Å². The molecule has 30 heavy (non-hydrogen) atoms. The van der Waals surface area contributed by atoms with Gasteiger partial charge in [-0.15, -0.1) is 15.3 Å². The molecule has 0 atom stereocenters. The zero-order valence-electron chi connectivity index (χ0n) is 16.1. The Bertz CT molecular complexity index is 1180. The van der Waals surface area contributed by atoms with Crippen molar-refractivity contribution in [2.24, 2.45) is 0 Å². The van der Waals surface area contributed by atoms with E-state index in [0.717, 1.165) is 16.8 Å². The van der Waals surface area contributed by atoms with Gasteiger partial charge >= 0.3 is 5.97 Å². The molecule has 0 radical (unpaired) electrons.